The van der Waals surface area contributed by atoms with Crippen LogP contribution in [0, 0.1) is 0 Å². The third-order valence-corrected chi connectivity index (χ3v) is 4.23. The smallest absolute Gasteiger partial charge is 0.335 e. The summed E-state index contributed by atoms with van der Waals surface area (Å²) < 4.78 is 4.90. The molecule has 0 saturated heterocycles. The molecule has 6 heteroatoms. The highest BCUT2D eigenvalue weighted by Crippen LogP contribution is 2.30. The second kappa shape index (κ2) is 3.94. The van der Waals surface area contributed by atoms with E-state index >= 15 is 0 Å². The molecule has 98 valence electrons. The summed E-state index contributed by atoms with van der Waals surface area (Å²) in [5, 5.41) is 12.1. The van der Waals surface area contributed by atoms with E-state index in [2.05, 4.69) is 4.98 Å². The fraction of sp³-hybridized carbons (Fsp3) is 0. The van der Waals surface area contributed by atoms with Gasteiger partial charge < -0.3 is 5.11 Å². The van der Waals surface area contributed by atoms with Crippen LogP contribution >= 0.6 is 11.3 Å². The number of imidazole rings is 2. The van der Waals surface area contributed by atoms with E-state index in [-0.39, 0.29) is 0 Å². The molecule has 0 unspecified atom stereocenters. The Morgan fingerprint density at radius 1 is 1.25 bits per heavy atom. The highest BCUT2D eigenvalue weighted by Gasteiger charge is 2.11. The van der Waals surface area contributed by atoms with Crippen LogP contribution in [0.15, 0.2) is 48.4 Å². The number of fused-ring (bicyclic) bond motifs is 2. The van der Waals surface area contributed by atoms with Gasteiger partial charge in [0, 0.05) is 40.3 Å². The molecule has 0 fully saturated rings. The maximum absolute atomic E-state index is 11.0. The zero-order valence-corrected chi connectivity index (χ0v) is 11.0. The summed E-state index contributed by atoms with van der Waals surface area (Å²) in [5.41, 5.74) is 1.33. The number of thiophene rings is 1. The highest BCUT2D eigenvalue weighted by molar-refractivity contribution is 7.17. The van der Waals surface area contributed by atoms with Crippen molar-refractivity contribution in [1.82, 2.24) is 14.0 Å². The van der Waals surface area contributed by atoms with Gasteiger partial charge in [-0.1, -0.05) is 6.07 Å². The average molecular weight is 283 g/mol. The first-order chi connectivity index (χ1) is 9.74. The van der Waals surface area contributed by atoms with Gasteiger partial charge in [0.2, 0.25) is 5.78 Å². The summed E-state index contributed by atoms with van der Waals surface area (Å²) in [6.45, 7) is 0. The number of rotatable bonds is 2. The van der Waals surface area contributed by atoms with E-state index < -0.39 is 5.97 Å². The van der Waals surface area contributed by atoms with Crippen LogP contribution in [-0.4, -0.2) is 25.0 Å². The standard InChI is InChI=1S/C14H9N3O2S/c18-13(19)9-1-2-10-11(8-20-12(10)7-9)17-6-5-16-4-3-15-14(16)17/h1-8H,(H,18,19). The minimum absolute atomic E-state index is 0.310. The summed E-state index contributed by atoms with van der Waals surface area (Å²) in [6.07, 6.45) is 7.54. The second-order valence-electron chi connectivity index (χ2n) is 4.44. The quantitative estimate of drug-likeness (QED) is 0.615. The lowest BCUT2D eigenvalue weighted by Crippen LogP contribution is -1.95. The van der Waals surface area contributed by atoms with Crippen molar-refractivity contribution in [2.24, 2.45) is 0 Å². The number of carboxylic acid groups (broad SMARTS) is 1. The van der Waals surface area contributed by atoms with E-state index in [4.69, 9.17) is 5.11 Å². The summed E-state index contributed by atoms with van der Waals surface area (Å²) in [5.74, 6) is -0.0644. The van der Waals surface area contributed by atoms with E-state index in [1.807, 2.05) is 39.0 Å². The number of hydrogen-bond acceptors (Lipinski definition) is 3. The predicted octanol–water partition coefficient (Wildman–Crippen LogP) is 3.04. The van der Waals surface area contributed by atoms with E-state index in [0.717, 1.165) is 21.6 Å². The number of nitrogens with zero attached hydrogens (tertiary/aromatic N) is 3. The largest absolute Gasteiger partial charge is 0.478 e. The van der Waals surface area contributed by atoms with E-state index in [1.165, 1.54) is 11.3 Å². The first-order valence-corrected chi connectivity index (χ1v) is 6.87. The van der Waals surface area contributed by atoms with Gasteiger partial charge in [-0.3, -0.25) is 8.97 Å². The molecule has 5 nitrogen and oxygen atoms in total. The molecule has 3 heterocycles. The molecule has 0 aliphatic rings. The summed E-state index contributed by atoms with van der Waals surface area (Å²) in [6, 6.07) is 5.19. The van der Waals surface area contributed by atoms with Gasteiger partial charge in [0.1, 0.15) is 0 Å². The molecule has 20 heavy (non-hydrogen) atoms. The normalized spacial score (nSPS) is 11.4. The number of carboxylic acids is 1. The lowest BCUT2D eigenvalue weighted by Gasteiger charge is -2.01. The molecular formula is C14H9N3O2S. The minimum Gasteiger partial charge on any atom is -0.478 e. The molecule has 0 amide bonds. The van der Waals surface area contributed by atoms with Crippen molar-refractivity contribution in [3.05, 3.63) is 53.9 Å². The molecule has 0 bridgehead atoms. The molecular weight excluding hydrogens is 274 g/mol. The van der Waals surface area contributed by atoms with E-state index in [1.54, 1.807) is 18.3 Å². The molecule has 0 aliphatic carbocycles. The van der Waals surface area contributed by atoms with Crippen LogP contribution in [0.25, 0.3) is 21.6 Å². The zero-order valence-electron chi connectivity index (χ0n) is 10.2. The van der Waals surface area contributed by atoms with Crippen molar-refractivity contribution >= 4 is 33.2 Å². The Morgan fingerprint density at radius 2 is 2.15 bits per heavy atom. The van der Waals surface area contributed by atoms with Gasteiger partial charge in [0.15, 0.2) is 0 Å². The number of benzene rings is 1. The topological polar surface area (TPSA) is 59.5 Å². The highest BCUT2D eigenvalue weighted by atomic mass is 32.1. The maximum Gasteiger partial charge on any atom is 0.335 e. The van der Waals surface area contributed by atoms with Crippen molar-refractivity contribution in [3.8, 4) is 5.69 Å². The number of carbonyl (C=O) groups is 1. The number of aromatic carboxylic acids is 1. The van der Waals surface area contributed by atoms with Crippen LogP contribution in [0.2, 0.25) is 0 Å². The molecule has 4 rings (SSSR count). The van der Waals surface area contributed by atoms with Gasteiger partial charge in [-0.25, -0.2) is 9.78 Å². The molecule has 0 aliphatic heterocycles. The van der Waals surface area contributed by atoms with Crippen molar-refractivity contribution in [1.29, 1.82) is 0 Å². The van der Waals surface area contributed by atoms with Crippen LogP contribution in [0.5, 0.6) is 0 Å². The summed E-state index contributed by atoms with van der Waals surface area (Å²) in [4.78, 5) is 15.3. The lowest BCUT2D eigenvalue weighted by molar-refractivity contribution is 0.0697. The molecule has 0 radical (unpaired) electrons. The predicted molar refractivity (Wildman–Crippen MR) is 76.9 cm³/mol. The molecule has 4 aromatic rings. The molecule has 0 saturated carbocycles. The molecule has 3 aromatic heterocycles. The van der Waals surface area contributed by atoms with Gasteiger partial charge >= 0.3 is 5.97 Å². The van der Waals surface area contributed by atoms with Gasteiger partial charge in [0.05, 0.1) is 11.3 Å². The zero-order chi connectivity index (χ0) is 13.7. The monoisotopic (exact) mass is 283 g/mol. The molecule has 0 atom stereocenters. The van der Waals surface area contributed by atoms with Crippen molar-refractivity contribution in [3.63, 3.8) is 0 Å². The summed E-state index contributed by atoms with van der Waals surface area (Å²) in [7, 11) is 0. The van der Waals surface area contributed by atoms with Gasteiger partial charge in [-0.2, -0.15) is 0 Å². The fourth-order valence-electron chi connectivity index (χ4n) is 2.34. The average Bonchev–Trinajstić information content (AvgIpc) is 3.11. The first-order valence-electron chi connectivity index (χ1n) is 5.99. The Balaban J connectivity index is 1.97. The molecule has 1 N–H and O–H groups in total. The van der Waals surface area contributed by atoms with Crippen molar-refractivity contribution in [2.75, 3.05) is 0 Å². The van der Waals surface area contributed by atoms with Crippen molar-refractivity contribution in [2.45, 2.75) is 0 Å². The van der Waals surface area contributed by atoms with Crippen LogP contribution < -0.4 is 0 Å². The van der Waals surface area contributed by atoms with Crippen LogP contribution in [-0.2, 0) is 0 Å². The van der Waals surface area contributed by atoms with Crippen LogP contribution in [0.3, 0.4) is 0 Å². The Labute approximate surface area is 117 Å². The minimum atomic E-state index is -0.904. The van der Waals surface area contributed by atoms with E-state index in [9.17, 15) is 4.79 Å². The number of aromatic nitrogens is 3. The Hall–Kier alpha value is -2.60. The van der Waals surface area contributed by atoms with Gasteiger partial charge in [-0.05, 0) is 12.1 Å². The first kappa shape index (κ1) is 11.2. The van der Waals surface area contributed by atoms with Gasteiger partial charge in [0.25, 0.3) is 0 Å². The second-order valence-corrected chi connectivity index (χ2v) is 5.35. The van der Waals surface area contributed by atoms with Crippen LogP contribution in [0.1, 0.15) is 10.4 Å². The lowest BCUT2D eigenvalue weighted by atomic mass is 10.1. The van der Waals surface area contributed by atoms with Gasteiger partial charge in [-0.15, -0.1) is 11.3 Å². The molecule has 1 aromatic carbocycles. The van der Waals surface area contributed by atoms with E-state index in [0.29, 0.717) is 5.56 Å². The SMILES string of the molecule is O=C(O)c1ccc2c(-n3ccn4ccnc34)csc2c1. The fourth-order valence-corrected chi connectivity index (χ4v) is 3.31. The maximum atomic E-state index is 11.0. The third kappa shape index (κ3) is 1.48. The Bertz CT molecular complexity index is 948. The Kier molecular flexibility index (Phi) is 2.22. The number of hydrogen-bond donors (Lipinski definition) is 1. The van der Waals surface area contributed by atoms with Crippen LogP contribution in [0.4, 0.5) is 0 Å². The van der Waals surface area contributed by atoms with Crippen molar-refractivity contribution < 1.29 is 9.90 Å². The third-order valence-electron chi connectivity index (χ3n) is 3.30. The summed E-state index contributed by atoms with van der Waals surface area (Å²) >= 11 is 1.53. The molecule has 0 spiro atoms. The Morgan fingerprint density at radius 3 is 3.00 bits per heavy atom.